The molecule has 1 aliphatic carbocycles. The lowest BCUT2D eigenvalue weighted by Crippen LogP contribution is -2.46. The van der Waals surface area contributed by atoms with Gasteiger partial charge in [-0.2, -0.15) is 4.99 Å². The zero-order valence-corrected chi connectivity index (χ0v) is 16.7. The van der Waals surface area contributed by atoms with Gasteiger partial charge >= 0.3 is 12.0 Å². The van der Waals surface area contributed by atoms with Gasteiger partial charge in [0.25, 0.3) is 0 Å². The number of imide groups is 1. The average molecular weight is 401 g/mol. The van der Waals surface area contributed by atoms with Crippen LogP contribution in [0, 0.1) is 11.8 Å². The van der Waals surface area contributed by atoms with Gasteiger partial charge in [-0.1, -0.05) is 18.2 Å². The summed E-state index contributed by atoms with van der Waals surface area (Å²) in [6, 6.07) is -0.534. The number of likely N-dealkylation sites (tertiary alicyclic amines) is 1. The maximum atomic E-state index is 12.5. The van der Waals surface area contributed by atoms with Crippen LogP contribution in [0.4, 0.5) is 4.79 Å². The molecule has 1 saturated heterocycles. The molecule has 0 bridgehead atoms. The van der Waals surface area contributed by atoms with Gasteiger partial charge in [0, 0.05) is 26.1 Å². The lowest BCUT2D eigenvalue weighted by Gasteiger charge is -2.31. The second-order valence-electron chi connectivity index (χ2n) is 7.40. The highest BCUT2D eigenvalue weighted by molar-refractivity contribution is 6.21. The second kappa shape index (κ2) is 9.62. The van der Waals surface area contributed by atoms with Crippen LogP contribution in [0.5, 0.6) is 0 Å². The van der Waals surface area contributed by atoms with Crippen LogP contribution in [0.3, 0.4) is 0 Å². The first kappa shape index (κ1) is 21.0. The number of aliphatic imine (C=N–C) groups is 1. The molecule has 0 radical (unpaired) electrons. The molecule has 1 fully saturated rings. The second-order valence-corrected chi connectivity index (χ2v) is 7.40. The van der Waals surface area contributed by atoms with Crippen molar-refractivity contribution in [3.8, 4) is 0 Å². The average Bonchev–Trinajstić information content (AvgIpc) is 2.73. The minimum Gasteiger partial charge on any atom is -0.466 e. The summed E-state index contributed by atoms with van der Waals surface area (Å²) in [7, 11) is 0. The Balaban J connectivity index is 1.39. The van der Waals surface area contributed by atoms with Crippen molar-refractivity contribution < 1.29 is 23.9 Å². The van der Waals surface area contributed by atoms with E-state index >= 15 is 0 Å². The normalized spacial score (nSPS) is 21.8. The van der Waals surface area contributed by atoms with Gasteiger partial charge in [0.1, 0.15) is 0 Å². The Labute approximate surface area is 170 Å². The standard InChI is InChI=1S/C21H27N3O5/c1-2-29-20(27)15-10-13-23(14-11-15)18(25)9-5-6-12-24-19(26)16-7-3-4-8-17(16)22-21(24)28/h3-4,7-8,15-16H,2,5-6,9-14H2,1H3. The number of hydrogen-bond donors (Lipinski definition) is 0. The van der Waals surface area contributed by atoms with Gasteiger partial charge in [-0.05, 0) is 38.7 Å². The van der Waals surface area contributed by atoms with Gasteiger partial charge in [0.15, 0.2) is 0 Å². The number of carbonyl (C=O) groups excluding carboxylic acids is 4. The number of ether oxygens (including phenoxy) is 1. The van der Waals surface area contributed by atoms with E-state index in [2.05, 4.69) is 4.99 Å². The lowest BCUT2D eigenvalue weighted by atomic mass is 9.95. The van der Waals surface area contributed by atoms with E-state index in [4.69, 9.17) is 4.74 Å². The number of amides is 4. The predicted molar refractivity (Wildman–Crippen MR) is 106 cm³/mol. The molecule has 0 aromatic rings. The molecule has 8 heteroatoms. The number of rotatable bonds is 7. The zero-order chi connectivity index (χ0) is 20.8. The quantitative estimate of drug-likeness (QED) is 0.481. The maximum absolute atomic E-state index is 12.5. The molecule has 3 aliphatic rings. The van der Waals surface area contributed by atoms with Crippen molar-refractivity contribution in [3.63, 3.8) is 0 Å². The highest BCUT2D eigenvalue weighted by Crippen LogP contribution is 2.21. The summed E-state index contributed by atoms with van der Waals surface area (Å²) >= 11 is 0. The van der Waals surface area contributed by atoms with Gasteiger partial charge in [-0.3, -0.25) is 19.3 Å². The molecule has 1 unspecified atom stereocenters. The molecule has 0 spiro atoms. The Hall–Kier alpha value is -2.77. The van der Waals surface area contributed by atoms with E-state index in [-0.39, 0.29) is 30.2 Å². The smallest absolute Gasteiger partial charge is 0.350 e. The largest absolute Gasteiger partial charge is 0.466 e. The van der Waals surface area contributed by atoms with Crippen molar-refractivity contribution >= 4 is 29.5 Å². The van der Waals surface area contributed by atoms with Crippen molar-refractivity contribution in [2.45, 2.75) is 39.0 Å². The van der Waals surface area contributed by atoms with Crippen LogP contribution in [-0.2, 0) is 19.1 Å². The third-order valence-electron chi connectivity index (χ3n) is 5.48. The summed E-state index contributed by atoms with van der Waals surface area (Å²) in [6.07, 6.45) is 9.72. The van der Waals surface area contributed by atoms with Crippen LogP contribution in [-0.4, -0.2) is 65.6 Å². The number of allylic oxidation sites excluding steroid dienone is 3. The molecular weight excluding hydrogens is 374 g/mol. The fraction of sp³-hybridized carbons (Fsp3) is 0.571. The Morgan fingerprint density at radius 1 is 1.17 bits per heavy atom. The lowest BCUT2D eigenvalue weighted by molar-refractivity contribution is -0.151. The van der Waals surface area contributed by atoms with Gasteiger partial charge in [0.2, 0.25) is 11.8 Å². The van der Waals surface area contributed by atoms with Crippen LogP contribution in [0.2, 0.25) is 0 Å². The SMILES string of the molecule is CCOC(=O)C1CCN(C(=O)CCCCN2C(=O)N=C3C=CC=CC3C2=O)CC1. The molecule has 0 N–H and O–H groups in total. The van der Waals surface area contributed by atoms with Crippen LogP contribution in [0.25, 0.3) is 0 Å². The molecule has 1 atom stereocenters. The van der Waals surface area contributed by atoms with E-state index in [0.717, 1.165) is 0 Å². The fourth-order valence-electron chi connectivity index (χ4n) is 3.82. The first-order valence-corrected chi connectivity index (χ1v) is 10.2. The Kier molecular flexibility index (Phi) is 6.95. The molecule has 0 aromatic carbocycles. The van der Waals surface area contributed by atoms with E-state index in [1.54, 1.807) is 36.1 Å². The minimum atomic E-state index is -0.534. The van der Waals surface area contributed by atoms with Crippen LogP contribution in [0.1, 0.15) is 39.0 Å². The molecule has 156 valence electrons. The van der Waals surface area contributed by atoms with Crippen LogP contribution >= 0.6 is 0 Å². The summed E-state index contributed by atoms with van der Waals surface area (Å²) < 4.78 is 5.05. The topological polar surface area (TPSA) is 96.3 Å². The van der Waals surface area contributed by atoms with Crippen molar-refractivity contribution in [1.29, 1.82) is 0 Å². The molecule has 2 heterocycles. The molecule has 4 amide bonds. The van der Waals surface area contributed by atoms with Gasteiger partial charge in [0.05, 0.1) is 24.2 Å². The third kappa shape index (κ3) is 4.99. The van der Waals surface area contributed by atoms with E-state index < -0.39 is 11.9 Å². The van der Waals surface area contributed by atoms with Crippen molar-refractivity contribution in [3.05, 3.63) is 24.3 Å². The highest BCUT2D eigenvalue weighted by Gasteiger charge is 2.35. The van der Waals surface area contributed by atoms with E-state index in [1.165, 1.54) is 4.90 Å². The molecule has 29 heavy (non-hydrogen) atoms. The molecule has 0 saturated carbocycles. The summed E-state index contributed by atoms with van der Waals surface area (Å²) in [6.45, 7) is 3.55. The van der Waals surface area contributed by atoms with Gasteiger partial charge < -0.3 is 9.64 Å². The Morgan fingerprint density at radius 2 is 1.93 bits per heavy atom. The predicted octanol–water partition coefficient (Wildman–Crippen LogP) is 2.10. The highest BCUT2D eigenvalue weighted by atomic mass is 16.5. The van der Waals surface area contributed by atoms with Crippen LogP contribution < -0.4 is 0 Å². The summed E-state index contributed by atoms with van der Waals surface area (Å²) in [5.74, 6) is -0.994. The number of hydrogen-bond acceptors (Lipinski definition) is 5. The number of fused-ring (bicyclic) bond motifs is 1. The number of carbonyl (C=O) groups is 4. The third-order valence-corrected chi connectivity index (χ3v) is 5.48. The molecule has 3 rings (SSSR count). The van der Waals surface area contributed by atoms with Crippen LogP contribution in [0.15, 0.2) is 29.3 Å². The molecular formula is C21H27N3O5. The van der Waals surface area contributed by atoms with E-state index in [1.807, 2.05) is 0 Å². The maximum Gasteiger partial charge on any atom is 0.350 e. The number of piperidine rings is 1. The molecule has 8 nitrogen and oxygen atoms in total. The number of unbranched alkanes of at least 4 members (excludes halogenated alkanes) is 1. The summed E-state index contributed by atoms with van der Waals surface area (Å²) in [5.41, 5.74) is 0.486. The van der Waals surface area contributed by atoms with Gasteiger partial charge in [-0.15, -0.1) is 0 Å². The Bertz CT molecular complexity index is 762. The zero-order valence-electron chi connectivity index (χ0n) is 16.7. The Morgan fingerprint density at radius 3 is 2.66 bits per heavy atom. The van der Waals surface area contributed by atoms with Gasteiger partial charge in [-0.25, -0.2) is 4.79 Å². The van der Waals surface area contributed by atoms with E-state index in [0.29, 0.717) is 57.5 Å². The number of urea groups is 1. The summed E-state index contributed by atoms with van der Waals surface area (Å²) in [4.78, 5) is 55.7. The van der Waals surface area contributed by atoms with Crippen molar-refractivity contribution in [1.82, 2.24) is 9.80 Å². The monoisotopic (exact) mass is 401 g/mol. The number of esters is 1. The van der Waals surface area contributed by atoms with Crippen molar-refractivity contribution in [2.75, 3.05) is 26.2 Å². The first-order valence-electron chi connectivity index (χ1n) is 10.2. The fourth-order valence-corrected chi connectivity index (χ4v) is 3.82. The summed E-state index contributed by atoms with van der Waals surface area (Å²) in [5, 5.41) is 0. The minimum absolute atomic E-state index is 0.0456. The van der Waals surface area contributed by atoms with Crippen molar-refractivity contribution in [2.24, 2.45) is 16.8 Å². The molecule has 2 aliphatic heterocycles. The van der Waals surface area contributed by atoms with E-state index in [9.17, 15) is 19.2 Å². The first-order chi connectivity index (χ1) is 14.0. The number of nitrogens with zero attached hydrogens (tertiary/aromatic N) is 3. The molecule has 0 aromatic heterocycles.